The molecule has 0 saturated carbocycles. The Labute approximate surface area is 92.3 Å². The van der Waals surface area contributed by atoms with E-state index in [1.165, 1.54) is 0 Å². The van der Waals surface area contributed by atoms with E-state index in [-0.39, 0.29) is 6.54 Å². The van der Waals surface area contributed by atoms with Gasteiger partial charge in [-0.15, -0.1) is 0 Å². The van der Waals surface area contributed by atoms with Crippen LogP contribution in [0.15, 0.2) is 0 Å². The van der Waals surface area contributed by atoms with Gasteiger partial charge in [0.15, 0.2) is 12.7 Å². The fraction of sp³-hybridized carbons (Fsp3) is 0.667. The molecule has 1 rings (SSSR count). The minimum Gasteiger partial charge on any atom is -0.454 e. The first kappa shape index (κ1) is 12.4. The summed E-state index contributed by atoms with van der Waals surface area (Å²) >= 11 is 0. The van der Waals surface area contributed by atoms with E-state index in [0.717, 1.165) is 6.42 Å². The van der Waals surface area contributed by atoms with Crippen molar-refractivity contribution in [2.75, 3.05) is 19.8 Å². The fourth-order valence-electron chi connectivity index (χ4n) is 1.23. The number of hydrogen-bond donors (Lipinski definition) is 2. The smallest absolute Gasteiger partial charge is 0.335 e. The second kappa shape index (κ2) is 6.06. The Hall–Kier alpha value is -1.63. The average molecular weight is 230 g/mol. The van der Waals surface area contributed by atoms with E-state index in [1.54, 1.807) is 0 Å². The minimum atomic E-state index is -0.654. The lowest BCUT2D eigenvalue weighted by Crippen LogP contribution is -2.36. The van der Waals surface area contributed by atoms with Crippen molar-refractivity contribution in [3.8, 4) is 0 Å². The molecule has 0 aliphatic carbocycles. The highest BCUT2D eigenvalue weighted by atomic mass is 16.6. The van der Waals surface area contributed by atoms with Crippen molar-refractivity contribution in [1.29, 1.82) is 0 Å². The summed E-state index contributed by atoms with van der Waals surface area (Å²) in [5.74, 6) is -1.77. The van der Waals surface area contributed by atoms with Gasteiger partial charge in [-0.05, 0) is 12.8 Å². The Balaban J connectivity index is 2.15. The van der Waals surface area contributed by atoms with Gasteiger partial charge in [-0.2, -0.15) is 0 Å². The summed E-state index contributed by atoms with van der Waals surface area (Å²) in [5.41, 5.74) is 4.81. The number of nitrogens with two attached hydrogens (primary N) is 1. The molecule has 1 aliphatic rings. The molecule has 0 bridgehead atoms. The van der Waals surface area contributed by atoms with Crippen molar-refractivity contribution in [2.24, 2.45) is 5.73 Å². The second-order valence-corrected chi connectivity index (χ2v) is 3.35. The number of carbonyl (C=O) groups is 3. The molecule has 0 aromatic carbocycles. The van der Waals surface area contributed by atoms with Crippen molar-refractivity contribution in [3.63, 3.8) is 0 Å². The molecule has 1 aliphatic heterocycles. The molecule has 7 nitrogen and oxygen atoms in total. The molecule has 7 heteroatoms. The number of rotatable bonds is 5. The van der Waals surface area contributed by atoms with Gasteiger partial charge in [-0.1, -0.05) is 0 Å². The molecule has 0 radical (unpaired) electrons. The van der Waals surface area contributed by atoms with E-state index < -0.39 is 30.5 Å². The van der Waals surface area contributed by atoms with Crippen molar-refractivity contribution in [3.05, 3.63) is 0 Å². The number of ether oxygens (including phenoxy) is 2. The second-order valence-electron chi connectivity index (χ2n) is 3.35. The van der Waals surface area contributed by atoms with E-state index in [9.17, 15) is 14.4 Å². The van der Waals surface area contributed by atoms with Crippen LogP contribution in [0.25, 0.3) is 0 Å². The minimum absolute atomic E-state index is 0.268. The van der Waals surface area contributed by atoms with Crippen LogP contribution in [-0.2, 0) is 23.9 Å². The van der Waals surface area contributed by atoms with E-state index in [4.69, 9.17) is 15.2 Å². The van der Waals surface area contributed by atoms with Crippen LogP contribution < -0.4 is 11.1 Å². The molecule has 16 heavy (non-hydrogen) atoms. The Bertz CT molecular complexity index is 286. The number of esters is 1. The predicted molar refractivity (Wildman–Crippen MR) is 52.1 cm³/mol. The first-order valence-corrected chi connectivity index (χ1v) is 4.93. The number of nitrogens with one attached hydrogen (secondary N) is 1. The van der Waals surface area contributed by atoms with Crippen molar-refractivity contribution in [2.45, 2.75) is 18.9 Å². The van der Waals surface area contributed by atoms with Crippen molar-refractivity contribution in [1.82, 2.24) is 5.32 Å². The van der Waals surface area contributed by atoms with Gasteiger partial charge in [0, 0.05) is 6.61 Å². The third-order valence-electron chi connectivity index (χ3n) is 2.00. The van der Waals surface area contributed by atoms with Crippen LogP contribution >= 0.6 is 0 Å². The summed E-state index contributed by atoms with van der Waals surface area (Å²) in [6.45, 7) is -0.157. The lowest BCUT2D eigenvalue weighted by molar-refractivity contribution is -0.157. The lowest BCUT2D eigenvalue weighted by atomic mass is 10.2. The number of carbonyl (C=O) groups excluding carboxylic acids is 3. The maximum atomic E-state index is 11.3. The summed E-state index contributed by atoms with van der Waals surface area (Å²) in [5, 5.41) is 2.20. The average Bonchev–Trinajstić information content (AvgIpc) is 2.76. The first-order chi connectivity index (χ1) is 7.59. The molecule has 90 valence electrons. The molecule has 1 fully saturated rings. The monoisotopic (exact) mass is 230 g/mol. The zero-order chi connectivity index (χ0) is 12.0. The highest BCUT2D eigenvalue weighted by molar-refractivity contribution is 5.86. The van der Waals surface area contributed by atoms with Gasteiger partial charge in [0.25, 0.3) is 5.91 Å². The molecule has 0 aromatic rings. The lowest BCUT2D eigenvalue weighted by Gasteiger charge is -2.09. The third-order valence-corrected chi connectivity index (χ3v) is 2.00. The topological polar surface area (TPSA) is 108 Å². The van der Waals surface area contributed by atoms with Crippen LogP contribution in [0.4, 0.5) is 0 Å². The molecule has 2 amide bonds. The Morgan fingerprint density at radius 1 is 1.44 bits per heavy atom. The quantitative estimate of drug-likeness (QED) is 0.548. The largest absolute Gasteiger partial charge is 0.454 e. The van der Waals surface area contributed by atoms with Gasteiger partial charge < -0.3 is 20.5 Å². The third kappa shape index (κ3) is 4.26. The van der Waals surface area contributed by atoms with Crippen LogP contribution in [0.1, 0.15) is 12.8 Å². The summed E-state index contributed by atoms with van der Waals surface area (Å²) in [7, 11) is 0. The molecule has 3 N–H and O–H groups in total. The van der Waals surface area contributed by atoms with Crippen molar-refractivity contribution >= 4 is 17.8 Å². The highest BCUT2D eigenvalue weighted by Gasteiger charge is 2.25. The first-order valence-electron chi connectivity index (χ1n) is 4.93. The number of primary amides is 1. The van der Waals surface area contributed by atoms with Crippen LogP contribution in [0.2, 0.25) is 0 Å². The van der Waals surface area contributed by atoms with Gasteiger partial charge in [0.05, 0.1) is 6.54 Å². The summed E-state index contributed by atoms with van der Waals surface area (Å²) in [6.07, 6.45) is 0.860. The van der Waals surface area contributed by atoms with Crippen LogP contribution in [0.5, 0.6) is 0 Å². The Morgan fingerprint density at radius 3 is 2.75 bits per heavy atom. The molecular formula is C9H14N2O5. The number of amides is 2. The van der Waals surface area contributed by atoms with Crippen LogP contribution in [0, 0.1) is 0 Å². The predicted octanol–water partition coefficient (Wildman–Crippen LogP) is -1.69. The maximum Gasteiger partial charge on any atom is 0.335 e. The van der Waals surface area contributed by atoms with Gasteiger partial charge >= 0.3 is 5.97 Å². The molecule has 1 heterocycles. The standard InChI is InChI=1S/C9H14N2O5/c10-7(12)4-11-8(13)5-16-9(14)6-2-1-3-15-6/h6H,1-5H2,(H2,10,12)(H,11,13)/t6-/m0/s1. The van der Waals surface area contributed by atoms with Gasteiger partial charge in [0.1, 0.15) is 0 Å². The van der Waals surface area contributed by atoms with Crippen LogP contribution in [0.3, 0.4) is 0 Å². The van der Waals surface area contributed by atoms with Crippen LogP contribution in [-0.4, -0.2) is 43.6 Å². The summed E-state index contributed by atoms with van der Waals surface area (Å²) < 4.78 is 9.76. The van der Waals surface area contributed by atoms with Crippen molar-refractivity contribution < 1.29 is 23.9 Å². The zero-order valence-corrected chi connectivity index (χ0v) is 8.73. The molecule has 1 atom stereocenters. The molecule has 1 saturated heterocycles. The SMILES string of the molecule is NC(=O)CNC(=O)COC(=O)[C@@H]1CCCO1. The number of hydrogen-bond acceptors (Lipinski definition) is 5. The zero-order valence-electron chi connectivity index (χ0n) is 8.73. The fourth-order valence-corrected chi connectivity index (χ4v) is 1.23. The van der Waals surface area contributed by atoms with Gasteiger partial charge in [-0.25, -0.2) is 4.79 Å². The molecule has 0 unspecified atom stereocenters. The molecule has 0 spiro atoms. The summed E-state index contributed by atoms with van der Waals surface area (Å²) in [4.78, 5) is 32.6. The summed E-state index contributed by atoms with van der Waals surface area (Å²) in [6, 6.07) is 0. The molecular weight excluding hydrogens is 216 g/mol. The van der Waals surface area contributed by atoms with Gasteiger partial charge in [-0.3, -0.25) is 9.59 Å². The Kier molecular flexibility index (Phi) is 4.71. The van der Waals surface area contributed by atoms with E-state index in [2.05, 4.69) is 5.32 Å². The maximum absolute atomic E-state index is 11.3. The molecule has 0 aromatic heterocycles. The normalized spacial score (nSPS) is 19.1. The Morgan fingerprint density at radius 2 is 2.19 bits per heavy atom. The van der Waals surface area contributed by atoms with Gasteiger partial charge in [0.2, 0.25) is 5.91 Å². The van der Waals surface area contributed by atoms with E-state index in [0.29, 0.717) is 13.0 Å². The highest BCUT2D eigenvalue weighted by Crippen LogP contribution is 2.12. The van der Waals surface area contributed by atoms with E-state index in [1.807, 2.05) is 0 Å². The van der Waals surface area contributed by atoms with E-state index >= 15 is 0 Å².